The smallest absolute Gasteiger partial charge is 0.406 e. The van der Waals surface area contributed by atoms with Crippen LogP contribution < -0.4 is 15.4 Å². The van der Waals surface area contributed by atoms with Crippen LogP contribution in [0, 0.1) is 5.92 Å². The Morgan fingerprint density at radius 3 is 2.20 bits per heavy atom. The summed E-state index contributed by atoms with van der Waals surface area (Å²) >= 11 is 0. The van der Waals surface area contributed by atoms with E-state index in [9.17, 15) is 35.9 Å². The lowest BCUT2D eigenvalue weighted by Gasteiger charge is -2.31. The van der Waals surface area contributed by atoms with Gasteiger partial charge in [0.1, 0.15) is 23.2 Å². The number of hydrogen-bond acceptors (Lipinski definition) is 4. The fraction of sp³-hybridized carbons (Fsp3) is 0.262. The molecule has 0 radical (unpaired) electrons. The maximum Gasteiger partial charge on any atom is 0.573 e. The molecule has 7 nitrogen and oxygen atoms in total. The van der Waals surface area contributed by atoms with Gasteiger partial charge in [0.05, 0.1) is 17.5 Å². The summed E-state index contributed by atoms with van der Waals surface area (Å²) in [5.41, 5.74) is 4.99. The van der Waals surface area contributed by atoms with Gasteiger partial charge in [-0.05, 0) is 89.3 Å². The van der Waals surface area contributed by atoms with Crippen LogP contribution in [0.25, 0.3) is 27.7 Å². The molecule has 0 fully saturated rings. The first-order valence-corrected chi connectivity index (χ1v) is 17.8. The number of benzene rings is 4. The standard InChI is InChI=1S/C42H36F6N4O3/c1-26-15-20-31(32(23-26)27-16-18-28(19-17-27)55-42(46,47)48)38(53)51-35-13-8-14-36-37(35)50-25-52(36)22-7-6-21-40(39(54)49-24-41(43,44)45)33-11-4-2-9-29(33)30-10-3-5-12-34(30)40/h2-5,8-14,16-20,23,25-26H,6-7,15,21-22,24H2,1H3,(H,49,54)(H,51,53). The molecule has 2 aliphatic rings. The Bertz CT molecular complexity index is 2260. The van der Waals surface area contributed by atoms with Crippen molar-refractivity contribution in [2.45, 2.75) is 57.1 Å². The van der Waals surface area contributed by atoms with Crippen molar-refractivity contribution >= 4 is 34.1 Å². The van der Waals surface area contributed by atoms with Gasteiger partial charge in [-0.15, -0.1) is 13.2 Å². The quantitative estimate of drug-likeness (QED) is 0.104. The number of allylic oxidation sites excluding steroid dienone is 2. The minimum atomic E-state index is -4.82. The van der Waals surface area contributed by atoms with Gasteiger partial charge in [0.25, 0.3) is 5.91 Å². The van der Waals surface area contributed by atoms with Crippen LogP contribution >= 0.6 is 0 Å². The van der Waals surface area contributed by atoms with E-state index in [0.29, 0.717) is 64.8 Å². The monoisotopic (exact) mass is 758 g/mol. The first kappa shape index (κ1) is 37.5. The van der Waals surface area contributed by atoms with Crippen LogP contribution in [0.5, 0.6) is 5.75 Å². The Hall–Kier alpha value is -5.85. The molecule has 2 N–H and O–H groups in total. The summed E-state index contributed by atoms with van der Waals surface area (Å²) < 4.78 is 83.9. The minimum Gasteiger partial charge on any atom is -0.406 e. The number of unbranched alkanes of at least 4 members (excludes halogenated alkanes) is 1. The molecule has 7 rings (SSSR count). The molecular weight excluding hydrogens is 722 g/mol. The molecule has 0 spiro atoms. The fourth-order valence-electron chi connectivity index (χ4n) is 7.67. The average molecular weight is 759 g/mol. The Morgan fingerprint density at radius 2 is 1.55 bits per heavy atom. The van der Waals surface area contributed by atoms with Crippen LogP contribution in [0.2, 0.25) is 0 Å². The summed E-state index contributed by atoms with van der Waals surface area (Å²) in [5, 5.41) is 5.14. The van der Waals surface area contributed by atoms with Gasteiger partial charge in [-0.1, -0.05) is 85.8 Å². The van der Waals surface area contributed by atoms with Crippen LogP contribution in [0.4, 0.5) is 32.0 Å². The number of ether oxygens (including phenoxy) is 1. The summed E-state index contributed by atoms with van der Waals surface area (Å²) in [4.78, 5) is 32.2. The van der Waals surface area contributed by atoms with Crippen molar-refractivity contribution in [3.63, 3.8) is 0 Å². The molecule has 1 atom stereocenters. The van der Waals surface area contributed by atoms with E-state index >= 15 is 0 Å². The molecule has 0 bridgehead atoms. The van der Waals surface area contributed by atoms with Crippen molar-refractivity contribution in [1.29, 1.82) is 0 Å². The number of nitrogens with one attached hydrogen (secondary N) is 2. The number of carbonyl (C=O) groups is 2. The Labute approximate surface area is 312 Å². The van der Waals surface area contributed by atoms with Crippen LogP contribution in [-0.4, -0.2) is 40.4 Å². The average Bonchev–Trinajstić information content (AvgIpc) is 3.69. The van der Waals surface area contributed by atoms with Crippen LogP contribution in [-0.2, 0) is 21.5 Å². The first-order valence-electron chi connectivity index (χ1n) is 17.8. The van der Waals surface area contributed by atoms with Gasteiger partial charge in [0.15, 0.2) is 0 Å². The molecule has 0 saturated heterocycles. The van der Waals surface area contributed by atoms with Crippen LogP contribution in [0.1, 0.15) is 49.3 Å². The van der Waals surface area contributed by atoms with E-state index < -0.39 is 36.3 Å². The van der Waals surface area contributed by atoms with E-state index in [1.165, 1.54) is 24.3 Å². The summed E-state index contributed by atoms with van der Waals surface area (Å²) in [7, 11) is 0. The maximum absolute atomic E-state index is 13.8. The summed E-state index contributed by atoms with van der Waals surface area (Å²) in [6, 6.07) is 25.4. The normalized spacial score (nSPS) is 16.2. The van der Waals surface area contributed by atoms with E-state index in [4.69, 9.17) is 0 Å². The number of rotatable bonds is 11. The molecular formula is C42H36F6N4O3. The molecule has 284 valence electrons. The van der Waals surface area contributed by atoms with Gasteiger partial charge in [0.2, 0.25) is 5.91 Å². The zero-order valence-corrected chi connectivity index (χ0v) is 29.6. The van der Waals surface area contributed by atoms with Crippen molar-refractivity contribution in [2.24, 2.45) is 5.92 Å². The fourth-order valence-corrected chi connectivity index (χ4v) is 7.67. The van der Waals surface area contributed by atoms with Crippen molar-refractivity contribution in [2.75, 3.05) is 11.9 Å². The van der Waals surface area contributed by atoms with Crippen LogP contribution in [0.3, 0.4) is 0 Å². The van der Waals surface area contributed by atoms with Gasteiger partial charge in [-0.2, -0.15) is 13.2 Å². The van der Waals surface area contributed by atoms with E-state index in [2.05, 4.69) is 20.4 Å². The number of imidazole rings is 1. The highest BCUT2D eigenvalue weighted by molar-refractivity contribution is 6.17. The number of halogens is 6. The minimum absolute atomic E-state index is 0.0964. The van der Waals surface area contributed by atoms with Gasteiger partial charge >= 0.3 is 12.5 Å². The van der Waals surface area contributed by atoms with E-state index in [1.807, 2.05) is 66.1 Å². The molecule has 1 heterocycles. The molecule has 0 saturated carbocycles. The maximum atomic E-state index is 13.8. The number of fused-ring (bicyclic) bond motifs is 4. The third kappa shape index (κ3) is 7.73. The van der Waals surface area contributed by atoms with Crippen molar-refractivity contribution in [3.8, 4) is 16.9 Å². The summed E-state index contributed by atoms with van der Waals surface area (Å²) in [6.45, 7) is 1.04. The molecule has 1 unspecified atom stereocenters. The highest BCUT2D eigenvalue weighted by atomic mass is 19.4. The lowest BCUT2D eigenvalue weighted by molar-refractivity contribution is -0.274. The second-order valence-electron chi connectivity index (χ2n) is 13.8. The second kappa shape index (κ2) is 14.8. The van der Waals surface area contributed by atoms with Gasteiger partial charge in [-0.3, -0.25) is 9.59 Å². The van der Waals surface area contributed by atoms with E-state index in [0.717, 1.165) is 16.6 Å². The number of hydrogen-bond donors (Lipinski definition) is 2. The zero-order valence-electron chi connectivity index (χ0n) is 29.6. The van der Waals surface area contributed by atoms with Crippen molar-refractivity contribution in [1.82, 2.24) is 14.9 Å². The Balaban J connectivity index is 1.07. The number of aryl methyl sites for hydroxylation is 1. The molecule has 2 aliphatic carbocycles. The summed E-state index contributed by atoms with van der Waals surface area (Å²) in [6.07, 6.45) is -2.05. The highest BCUT2D eigenvalue weighted by Crippen LogP contribution is 2.51. The molecule has 13 heteroatoms. The van der Waals surface area contributed by atoms with Gasteiger partial charge in [-0.25, -0.2) is 4.98 Å². The molecule has 0 aliphatic heterocycles. The van der Waals surface area contributed by atoms with Crippen molar-refractivity contribution in [3.05, 3.63) is 132 Å². The van der Waals surface area contributed by atoms with Crippen molar-refractivity contribution < 1.29 is 40.7 Å². The molecule has 1 aromatic heterocycles. The number of alkyl halides is 6. The SMILES string of the molecule is CC1C=C(c2ccc(OC(F)(F)F)cc2)C(C(=O)Nc2cccc3c2ncn3CCCCC2(C(=O)NCC(F)(F)F)c3ccccc3-c3ccccc32)=CC1. The second-order valence-corrected chi connectivity index (χ2v) is 13.8. The van der Waals surface area contributed by atoms with Crippen LogP contribution in [0.15, 0.2) is 115 Å². The third-order valence-corrected chi connectivity index (χ3v) is 10.1. The van der Waals surface area contributed by atoms with E-state index in [1.54, 1.807) is 30.6 Å². The third-order valence-electron chi connectivity index (χ3n) is 10.1. The highest BCUT2D eigenvalue weighted by Gasteiger charge is 2.49. The van der Waals surface area contributed by atoms with Gasteiger partial charge in [0, 0.05) is 12.1 Å². The number of aromatic nitrogens is 2. The lowest BCUT2D eigenvalue weighted by Crippen LogP contribution is -2.47. The van der Waals surface area contributed by atoms with Gasteiger partial charge < -0.3 is 19.9 Å². The molecule has 4 aromatic carbocycles. The zero-order chi connectivity index (χ0) is 39.0. The largest absolute Gasteiger partial charge is 0.573 e. The number of amides is 2. The van der Waals surface area contributed by atoms with E-state index in [-0.39, 0.29) is 18.1 Å². The Morgan fingerprint density at radius 1 is 0.873 bits per heavy atom. The predicted octanol–water partition coefficient (Wildman–Crippen LogP) is 9.74. The number of para-hydroxylation sites is 1. The number of anilines is 1. The first-order chi connectivity index (χ1) is 26.2. The number of carbonyl (C=O) groups excluding carboxylic acids is 2. The predicted molar refractivity (Wildman–Crippen MR) is 197 cm³/mol. The molecule has 55 heavy (non-hydrogen) atoms. The lowest BCUT2D eigenvalue weighted by atomic mass is 9.73. The molecule has 2 amide bonds. The Kier molecular flexibility index (Phi) is 10.1. The summed E-state index contributed by atoms with van der Waals surface area (Å²) in [5.74, 6) is -1.36. The topological polar surface area (TPSA) is 85.2 Å². The molecule has 5 aromatic rings. The number of nitrogens with zero attached hydrogens (tertiary/aromatic N) is 2.